The lowest BCUT2D eigenvalue weighted by atomic mass is 9.89. The Hall–Kier alpha value is -12.2. The summed E-state index contributed by atoms with van der Waals surface area (Å²) in [4.78, 5) is 0. The fraction of sp³-hybridized carbons (Fsp3) is 0.0244. The average molecular weight is 1220 g/mol. The second-order valence-electron chi connectivity index (χ2n) is 23.2. The molecule has 0 aliphatic rings. The molecule has 11 heteroatoms. The predicted octanol–water partition coefficient (Wildman–Crippen LogP) is 22.8. The van der Waals surface area contributed by atoms with Crippen LogP contribution in [0.4, 0.5) is 26.3 Å². The van der Waals surface area contributed by atoms with Crippen LogP contribution in [0, 0.1) is 22.7 Å². The molecule has 3 heterocycles. The van der Waals surface area contributed by atoms with Crippen molar-refractivity contribution in [1.29, 1.82) is 10.5 Å². The van der Waals surface area contributed by atoms with E-state index in [1.165, 1.54) is 12.1 Å². The quantitative estimate of drug-likeness (QED) is 0.135. The third-order valence-electron chi connectivity index (χ3n) is 18.0. The summed E-state index contributed by atoms with van der Waals surface area (Å²) in [6.07, 6.45) is -9.50. The molecule has 0 unspecified atom stereocenters. The number of fused-ring (bicyclic) bond motifs is 9. The number of alkyl halides is 6. The van der Waals surface area contributed by atoms with Gasteiger partial charge in [-0.15, -0.1) is 0 Å². The Kier molecular flexibility index (Phi) is 13.1. The fourth-order valence-corrected chi connectivity index (χ4v) is 13.7. The molecule has 93 heavy (non-hydrogen) atoms. The summed E-state index contributed by atoms with van der Waals surface area (Å²) in [5, 5.41) is 27.0. The Morgan fingerprint density at radius 2 is 0.548 bits per heavy atom. The van der Waals surface area contributed by atoms with E-state index >= 15 is 0 Å². The van der Waals surface area contributed by atoms with Crippen LogP contribution in [0.3, 0.4) is 0 Å². The molecular weight excluding hydrogens is 1170 g/mol. The molecule has 0 saturated heterocycles. The van der Waals surface area contributed by atoms with E-state index < -0.39 is 23.5 Å². The van der Waals surface area contributed by atoms with Crippen LogP contribution in [-0.4, -0.2) is 13.7 Å². The minimum Gasteiger partial charge on any atom is -0.309 e. The van der Waals surface area contributed by atoms with Crippen LogP contribution in [0.2, 0.25) is 0 Å². The molecule has 3 aromatic heterocycles. The molecule has 0 aliphatic heterocycles. The number of hydrogen-bond donors (Lipinski definition) is 0. The molecular formula is C82H47F6N5. The number of benzene rings is 13. The second-order valence-corrected chi connectivity index (χ2v) is 23.2. The molecule has 0 N–H and O–H groups in total. The molecule has 0 bridgehead atoms. The van der Waals surface area contributed by atoms with Crippen LogP contribution in [0.1, 0.15) is 22.3 Å². The van der Waals surface area contributed by atoms with Crippen LogP contribution >= 0.6 is 0 Å². The van der Waals surface area contributed by atoms with Gasteiger partial charge < -0.3 is 13.7 Å². The second kappa shape index (κ2) is 21.8. The zero-order valence-electron chi connectivity index (χ0n) is 49.1. The summed E-state index contributed by atoms with van der Waals surface area (Å²) in [7, 11) is 0. The van der Waals surface area contributed by atoms with Crippen molar-refractivity contribution in [2.75, 3.05) is 0 Å². The molecule has 5 nitrogen and oxygen atoms in total. The van der Waals surface area contributed by atoms with Gasteiger partial charge in [-0.2, -0.15) is 36.9 Å². The molecule has 0 spiro atoms. The summed E-state index contributed by atoms with van der Waals surface area (Å²) in [5.74, 6) is 0. The number of halogens is 6. The Morgan fingerprint density at radius 3 is 0.871 bits per heavy atom. The molecule has 442 valence electrons. The number of rotatable bonds is 9. The molecule has 0 amide bonds. The van der Waals surface area contributed by atoms with Gasteiger partial charge in [0.1, 0.15) is 0 Å². The minimum atomic E-state index is -4.75. The van der Waals surface area contributed by atoms with Gasteiger partial charge in [-0.05, 0) is 177 Å². The van der Waals surface area contributed by atoms with Crippen molar-refractivity contribution in [3.63, 3.8) is 0 Å². The first kappa shape index (κ1) is 56.1. The van der Waals surface area contributed by atoms with Gasteiger partial charge in [0.25, 0.3) is 0 Å². The highest BCUT2D eigenvalue weighted by Crippen LogP contribution is 2.47. The topological polar surface area (TPSA) is 62.4 Å². The van der Waals surface area contributed by atoms with E-state index in [4.69, 9.17) is 0 Å². The Balaban J connectivity index is 0.943. The maximum Gasteiger partial charge on any atom is 0.416 e. The van der Waals surface area contributed by atoms with Crippen molar-refractivity contribution in [1.82, 2.24) is 13.7 Å². The lowest BCUT2D eigenvalue weighted by Gasteiger charge is -2.21. The van der Waals surface area contributed by atoms with Crippen molar-refractivity contribution in [2.45, 2.75) is 12.4 Å². The number of hydrogen-bond acceptors (Lipinski definition) is 2. The third-order valence-corrected chi connectivity index (χ3v) is 18.0. The SMILES string of the molecule is N#Cc1cc(-c2c(-n3c4ccc(-c5ccccc5)cc4c4cc(-c5ccccc5)ccc43)cccc2-n2c3ccc(-c4ccccc4)cc3c3cc(-c4ccccc4)ccc32)cc(C#N)c1-c1ccc(-n2c3ccc(C(F)(F)F)cc3c3cc(C(F)(F)F)ccc32)cc1. The standard InChI is InChI=1S/C82H47F6N5/c83-81(84,85)62-30-38-71-69(46-62)70-47-63(82(86,87)88)31-39-72(70)91(71)64-32-24-54(25-33-64)79-60(48-89)40-59(41-61(79)49-90)80-77(92-73-34-26-55(50-14-5-1-6-15-50)42-65(73)66-43-56(27-35-74(66)92)51-16-7-2-8-17-51)22-13-23-78(80)93-75-36-28-57(52-18-9-3-10-19-52)44-67(75)68-45-58(29-37-76(68)93)53-20-11-4-12-21-53/h1-47H. The first-order chi connectivity index (χ1) is 45.3. The number of nitrogens with zero attached hydrogens (tertiary/aromatic N) is 5. The van der Waals surface area contributed by atoms with Crippen LogP contribution in [-0.2, 0) is 12.4 Å². The number of nitriles is 2. The van der Waals surface area contributed by atoms with Crippen molar-refractivity contribution in [3.05, 3.63) is 307 Å². The summed E-state index contributed by atoms with van der Waals surface area (Å²) in [6.45, 7) is 0. The van der Waals surface area contributed by atoms with Gasteiger partial charge in [-0.3, -0.25) is 0 Å². The third kappa shape index (κ3) is 9.48. The van der Waals surface area contributed by atoms with Crippen LogP contribution in [0.25, 0.3) is 149 Å². The Morgan fingerprint density at radius 1 is 0.247 bits per heavy atom. The van der Waals surface area contributed by atoms with Crippen molar-refractivity contribution in [2.24, 2.45) is 0 Å². The highest BCUT2D eigenvalue weighted by Gasteiger charge is 2.34. The lowest BCUT2D eigenvalue weighted by Crippen LogP contribution is -2.05. The van der Waals surface area contributed by atoms with Gasteiger partial charge >= 0.3 is 12.4 Å². The first-order valence-electron chi connectivity index (χ1n) is 30.1. The number of aromatic nitrogens is 3. The minimum absolute atomic E-state index is 0.00618. The molecule has 0 fully saturated rings. The van der Waals surface area contributed by atoms with E-state index in [0.717, 1.165) is 129 Å². The molecule has 0 saturated carbocycles. The van der Waals surface area contributed by atoms with Crippen LogP contribution in [0.15, 0.2) is 285 Å². The van der Waals surface area contributed by atoms with E-state index in [9.17, 15) is 36.9 Å². The van der Waals surface area contributed by atoms with Gasteiger partial charge in [-0.25, -0.2) is 0 Å². The largest absolute Gasteiger partial charge is 0.416 e. The van der Waals surface area contributed by atoms with Gasteiger partial charge in [0.2, 0.25) is 0 Å². The van der Waals surface area contributed by atoms with E-state index in [1.807, 2.05) is 84.9 Å². The molecule has 0 aliphatic carbocycles. The van der Waals surface area contributed by atoms with E-state index in [2.05, 4.69) is 161 Å². The van der Waals surface area contributed by atoms with Crippen LogP contribution in [0.5, 0.6) is 0 Å². The zero-order valence-corrected chi connectivity index (χ0v) is 49.1. The first-order valence-corrected chi connectivity index (χ1v) is 30.1. The Bertz CT molecular complexity index is 5250. The predicted molar refractivity (Wildman–Crippen MR) is 362 cm³/mol. The van der Waals surface area contributed by atoms with E-state index in [0.29, 0.717) is 22.4 Å². The smallest absolute Gasteiger partial charge is 0.309 e. The maximum atomic E-state index is 14.2. The maximum absolute atomic E-state index is 14.2. The van der Waals surface area contributed by atoms with E-state index in [-0.39, 0.29) is 32.9 Å². The molecule has 16 aromatic rings. The van der Waals surface area contributed by atoms with Crippen LogP contribution < -0.4 is 0 Å². The summed E-state index contributed by atoms with van der Waals surface area (Å²) >= 11 is 0. The van der Waals surface area contributed by atoms with Gasteiger partial charge in [0.05, 0.1) is 78.9 Å². The van der Waals surface area contributed by atoms with Crippen molar-refractivity contribution < 1.29 is 26.3 Å². The zero-order chi connectivity index (χ0) is 63.3. The molecule has 13 aromatic carbocycles. The molecule has 0 atom stereocenters. The summed E-state index contributed by atoms with van der Waals surface area (Å²) < 4.78 is 91.2. The van der Waals surface area contributed by atoms with Gasteiger partial charge in [-0.1, -0.05) is 164 Å². The lowest BCUT2D eigenvalue weighted by molar-refractivity contribution is -0.138. The monoisotopic (exact) mass is 1220 g/mol. The van der Waals surface area contributed by atoms with E-state index in [1.54, 1.807) is 28.8 Å². The normalized spacial score (nSPS) is 12.0. The Labute approximate surface area is 529 Å². The summed E-state index contributed by atoms with van der Waals surface area (Å²) in [5.41, 5.74) is 15.2. The van der Waals surface area contributed by atoms with Gasteiger partial charge in [0, 0.05) is 49.1 Å². The van der Waals surface area contributed by atoms with Crippen molar-refractivity contribution in [3.8, 4) is 96.0 Å². The molecule has 0 radical (unpaired) electrons. The highest BCUT2D eigenvalue weighted by atomic mass is 19.4. The average Bonchev–Trinajstić information content (AvgIpc) is 1.61. The highest BCUT2D eigenvalue weighted by molar-refractivity contribution is 6.15. The molecule has 16 rings (SSSR count). The van der Waals surface area contributed by atoms with Crippen molar-refractivity contribution >= 4 is 65.4 Å². The fourth-order valence-electron chi connectivity index (χ4n) is 13.7. The summed E-state index contributed by atoms with van der Waals surface area (Å²) in [6, 6.07) is 95.2. The van der Waals surface area contributed by atoms with Gasteiger partial charge in [0.15, 0.2) is 0 Å².